The van der Waals surface area contributed by atoms with E-state index >= 15 is 0 Å². The minimum absolute atomic E-state index is 0.0399. The lowest BCUT2D eigenvalue weighted by Crippen LogP contribution is -2.32. The van der Waals surface area contributed by atoms with Gasteiger partial charge >= 0.3 is 0 Å². The Kier molecular flexibility index (Phi) is 6.29. The molecule has 0 aliphatic carbocycles. The predicted octanol–water partition coefficient (Wildman–Crippen LogP) is 3.83. The molecule has 0 N–H and O–H groups in total. The minimum Gasteiger partial charge on any atom is -0.384 e. The van der Waals surface area contributed by atoms with Crippen molar-refractivity contribution in [3.63, 3.8) is 0 Å². The highest BCUT2D eigenvalue weighted by Crippen LogP contribution is 2.34. The third-order valence-electron chi connectivity index (χ3n) is 5.60. The van der Waals surface area contributed by atoms with E-state index in [4.69, 9.17) is 9.26 Å². The van der Waals surface area contributed by atoms with Gasteiger partial charge in [0.1, 0.15) is 5.82 Å². The van der Waals surface area contributed by atoms with Crippen molar-refractivity contribution in [2.45, 2.75) is 45.1 Å². The monoisotopic (exact) mass is 417 g/mol. The largest absolute Gasteiger partial charge is 0.384 e. The van der Waals surface area contributed by atoms with Gasteiger partial charge in [-0.3, -0.25) is 4.90 Å². The van der Waals surface area contributed by atoms with Crippen LogP contribution in [0.5, 0.6) is 0 Å². The second-order valence-electron chi connectivity index (χ2n) is 7.69. The summed E-state index contributed by atoms with van der Waals surface area (Å²) in [5.74, 6) is 0.902. The summed E-state index contributed by atoms with van der Waals surface area (Å²) in [7, 11) is 1.66. The Morgan fingerprint density at radius 2 is 1.97 bits per heavy atom. The van der Waals surface area contributed by atoms with Crippen LogP contribution in [-0.2, 0) is 17.7 Å². The van der Waals surface area contributed by atoms with Crippen LogP contribution in [0.1, 0.15) is 53.5 Å². The van der Waals surface area contributed by atoms with E-state index in [1.165, 1.54) is 6.07 Å². The summed E-state index contributed by atoms with van der Waals surface area (Å²) in [5.41, 5.74) is 2.34. The van der Waals surface area contributed by atoms with Gasteiger partial charge in [-0.2, -0.15) is 0 Å². The quantitative estimate of drug-likeness (QED) is 0.578. The number of methoxy groups -OCH3 is 1. The highest BCUT2D eigenvalue weighted by Gasteiger charge is 2.26. The summed E-state index contributed by atoms with van der Waals surface area (Å²) in [6.07, 6.45) is 3.54. The fourth-order valence-corrected chi connectivity index (χ4v) is 3.96. The lowest BCUT2D eigenvalue weighted by Gasteiger charge is -2.31. The van der Waals surface area contributed by atoms with Crippen molar-refractivity contribution in [3.05, 3.63) is 46.8 Å². The number of nitrogens with zero attached hydrogens (tertiary/aromatic N) is 5. The first-order chi connectivity index (χ1) is 14.5. The van der Waals surface area contributed by atoms with E-state index in [-0.39, 0.29) is 17.2 Å². The lowest BCUT2D eigenvalue weighted by molar-refractivity contribution is 0.152. The van der Waals surface area contributed by atoms with Crippen molar-refractivity contribution < 1.29 is 18.0 Å². The number of rotatable bonds is 7. The van der Waals surface area contributed by atoms with Crippen molar-refractivity contribution in [2.75, 3.05) is 26.8 Å². The molecule has 1 aliphatic heterocycles. The van der Waals surface area contributed by atoms with Crippen LogP contribution in [0.15, 0.2) is 23.0 Å². The van der Waals surface area contributed by atoms with E-state index in [0.717, 1.165) is 43.9 Å². The Morgan fingerprint density at radius 3 is 2.63 bits per heavy atom. The standard InChI is InChI=1S/C21H25F2N5O2/c1-13-19-16(20(22)23)9-17(26-21(19)30-27-13)15-3-6-28(7-4-15)12-14-10-24-18(25-11-14)5-8-29-2/h9-11,15,20H,3-8,12H2,1-2H3. The van der Waals surface area contributed by atoms with Gasteiger partial charge in [0.15, 0.2) is 0 Å². The van der Waals surface area contributed by atoms with Crippen molar-refractivity contribution >= 4 is 11.1 Å². The number of aryl methyl sites for hydroxylation is 1. The summed E-state index contributed by atoms with van der Waals surface area (Å²) >= 11 is 0. The number of aromatic nitrogens is 4. The lowest BCUT2D eigenvalue weighted by atomic mass is 9.91. The Hall–Kier alpha value is -2.52. The zero-order chi connectivity index (χ0) is 21.1. The molecule has 160 valence electrons. The Labute approximate surface area is 173 Å². The number of fused-ring (bicyclic) bond motifs is 1. The molecule has 30 heavy (non-hydrogen) atoms. The van der Waals surface area contributed by atoms with Crippen molar-refractivity contribution in [1.82, 2.24) is 25.0 Å². The van der Waals surface area contributed by atoms with Crippen LogP contribution in [-0.4, -0.2) is 51.8 Å². The summed E-state index contributed by atoms with van der Waals surface area (Å²) in [6, 6.07) is 1.53. The fraction of sp³-hybridized carbons (Fsp3) is 0.524. The molecule has 0 saturated carbocycles. The number of ether oxygens (including phenoxy) is 1. The van der Waals surface area contributed by atoms with Gasteiger partial charge in [0.25, 0.3) is 12.1 Å². The van der Waals surface area contributed by atoms with Gasteiger partial charge in [0, 0.05) is 55.2 Å². The van der Waals surface area contributed by atoms with Gasteiger partial charge in [-0.15, -0.1) is 0 Å². The van der Waals surface area contributed by atoms with Crippen molar-refractivity contribution in [2.24, 2.45) is 0 Å². The van der Waals surface area contributed by atoms with E-state index in [9.17, 15) is 8.78 Å². The molecule has 1 aliphatic rings. The molecule has 7 nitrogen and oxygen atoms in total. The number of likely N-dealkylation sites (tertiary alicyclic amines) is 1. The smallest absolute Gasteiger partial charge is 0.264 e. The molecule has 3 aromatic rings. The Balaban J connectivity index is 1.40. The van der Waals surface area contributed by atoms with Crippen LogP contribution in [0.3, 0.4) is 0 Å². The normalized spacial score (nSPS) is 16.0. The molecule has 0 aromatic carbocycles. The average Bonchev–Trinajstić information content (AvgIpc) is 3.14. The van der Waals surface area contributed by atoms with Gasteiger partial charge in [0.2, 0.25) is 0 Å². The molecule has 0 amide bonds. The molecule has 0 bridgehead atoms. The first-order valence-electron chi connectivity index (χ1n) is 10.1. The Morgan fingerprint density at radius 1 is 1.23 bits per heavy atom. The number of pyridine rings is 1. The molecule has 0 spiro atoms. The summed E-state index contributed by atoms with van der Waals surface area (Å²) in [4.78, 5) is 15.6. The Bertz CT molecular complexity index is 985. The van der Waals surface area contributed by atoms with E-state index in [0.29, 0.717) is 29.8 Å². The van der Waals surface area contributed by atoms with Gasteiger partial charge in [0.05, 0.1) is 17.7 Å². The number of halogens is 2. The van der Waals surface area contributed by atoms with Crippen molar-refractivity contribution in [3.8, 4) is 0 Å². The van der Waals surface area contributed by atoms with E-state index in [1.54, 1.807) is 14.0 Å². The number of alkyl halides is 2. The third kappa shape index (κ3) is 4.46. The fourth-order valence-electron chi connectivity index (χ4n) is 3.96. The molecule has 3 aromatic heterocycles. The zero-order valence-corrected chi connectivity index (χ0v) is 17.1. The summed E-state index contributed by atoms with van der Waals surface area (Å²) in [6.45, 7) is 4.75. The third-order valence-corrected chi connectivity index (χ3v) is 5.60. The minimum atomic E-state index is -2.58. The second kappa shape index (κ2) is 9.09. The molecule has 1 fully saturated rings. The predicted molar refractivity (Wildman–Crippen MR) is 106 cm³/mol. The first-order valence-corrected chi connectivity index (χ1v) is 10.1. The maximum absolute atomic E-state index is 13.6. The van der Waals surface area contributed by atoms with Crippen LogP contribution < -0.4 is 0 Å². The molecule has 4 rings (SSSR count). The van der Waals surface area contributed by atoms with Gasteiger partial charge in [-0.25, -0.2) is 23.7 Å². The van der Waals surface area contributed by atoms with Crippen LogP contribution in [0, 0.1) is 6.92 Å². The number of hydrogen-bond acceptors (Lipinski definition) is 7. The molecule has 9 heteroatoms. The molecule has 1 saturated heterocycles. The molecular weight excluding hydrogens is 392 g/mol. The van der Waals surface area contributed by atoms with E-state index < -0.39 is 6.43 Å². The first kappa shape index (κ1) is 20.7. The summed E-state index contributed by atoms with van der Waals surface area (Å²) in [5, 5.41) is 4.14. The highest BCUT2D eigenvalue weighted by molar-refractivity contribution is 5.80. The van der Waals surface area contributed by atoms with Crippen LogP contribution in [0.2, 0.25) is 0 Å². The van der Waals surface area contributed by atoms with Gasteiger partial charge < -0.3 is 9.26 Å². The topological polar surface area (TPSA) is 77.2 Å². The van der Waals surface area contributed by atoms with Gasteiger partial charge in [-0.05, 0) is 38.9 Å². The maximum atomic E-state index is 13.6. The van der Waals surface area contributed by atoms with E-state index in [1.807, 2.05) is 12.4 Å². The second-order valence-corrected chi connectivity index (χ2v) is 7.69. The van der Waals surface area contributed by atoms with E-state index in [2.05, 4.69) is 25.0 Å². The van der Waals surface area contributed by atoms with Crippen molar-refractivity contribution in [1.29, 1.82) is 0 Å². The van der Waals surface area contributed by atoms with Crippen LogP contribution in [0.25, 0.3) is 11.1 Å². The molecule has 0 unspecified atom stereocenters. The summed E-state index contributed by atoms with van der Waals surface area (Å²) < 4.78 is 37.4. The molecule has 0 atom stereocenters. The number of piperidine rings is 1. The zero-order valence-electron chi connectivity index (χ0n) is 17.1. The SMILES string of the molecule is COCCc1ncc(CN2CCC(c3cc(C(F)F)c4c(C)noc4n3)CC2)cn1. The number of hydrogen-bond donors (Lipinski definition) is 0. The van der Waals surface area contributed by atoms with Gasteiger partial charge in [-0.1, -0.05) is 5.16 Å². The maximum Gasteiger partial charge on any atom is 0.264 e. The molecular formula is C21H25F2N5O2. The highest BCUT2D eigenvalue weighted by atomic mass is 19.3. The molecule has 0 radical (unpaired) electrons. The van der Waals surface area contributed by atoms with Crippen LogP contribution >= 0.6 is 0 Å². The average molecular weight is 417 g/mol. The molecule has 4 heterocycles. The van der Waals surface area contributed by atoms with Crippen LogP contribution in [0.4, 0.5) is 8.78 Å².